The van der Waals surface area contributed by atoms with Crippen molar-refractivity contribution < 1.29 is 13.2 Å². The molecule has 0 amide bonds. The van der Waals surface area contributed by atoms with Crippen molar-refractivity contribution in [2.24, 2.45) is 5.92 Å². The van der Waals surface area contributed by atoms with E-state index < -0.39 is 15.3 Å². The number of carbonyl (C=O) groups is 1. The minimum Gasteiger partial charge on any atom is -0.299 e. The smallest absolute Gasteiger partial charge is 0.175 e. The van der Waals surface area contributed by atoms with Gasteiger partial charge in [0.2, 0.25) is 0 Å². The molecule has 0 spiro atoms. The van der Waals surface area contributed by atoms with E-state index in [2.05, 4.69) is 13.8 Å². The van der Waals surface area contributed by atoms with Gasteiger partial charge in [-0.05, 0) is 55.0 Å². The number of rotatable bonds is 7. The van der Waals surface area contributed by atoms with E-state index in [1.54, 1.807) is 18.2 Å². The first-order chi connectivity index (χ1) is 12.0. The Bertz CT molecular complexity index is 876. The van der Waals surface area contributed by atoms with Crippen LogP contribution in [0.25, 0.3) is 11.1 Å². The Morgan fingerprint density at radius 3 is 2.15 bits per heavy atom. The van der Waals surface area contributed by atoms with E-state index in [-0.39, 0.29) is 5.78 Å². The van der Waals surface area contributed by atoms with Crippen molar-refractivity contribution in [2.45, 2.75) is 50.8 Å². The fraction of sp³-hybridized carbons (Fsp3) is 0.409. The van der Waals surface area contributed by atoms with Gasteiger partial charge in [-0.3, -0.25) is 4.79 Å². The summed E-state index contributed by atoms with van der Waals surface area (Å²) in [6.07, 6.45) is 2.70. The summed E-state index contributed by atoms with van der Waals surface area (Å²) < 4.78 is 23.5. The zero-order valence-corrected chi connectivity index (χ0v) is 17.1. The van der Waals surface area contributed by atoms with Gasteiger partial charge in [-0.2, -0.15) is 0 Å². The Kier molecular flexibility index (Phi) is 6.07. The summed E-state index contributed by atoms with van der Waals surface area (Å²) in [5, 5.41) is 0. The Balaban J connectivity index is 2.27. The third-order valence-electron chi connectivity index (χ3n) is 4.85. The van der Waals surface area contributed by atoms with Crippen molar-refractivity contribution in [1.82, 2.24) is 0 Å². The van der Waals surface area contributed by atoms with E-state index in [1.807, 2.05) is 44.2 Å². The van der Waals surface area contributed by atoms with Crippen LogP contribution in [0.3, 0.4) is 0 Å². The molecule has 0 atom stereocenters. The largest absolute Gasteiger partial charge is 0.299 e. The van der Waals surface area contributed by atoms with E-state index in [4.69, 9.17) is 0 Å². The van der Waals surface area contributed by atoms with Gasteiger partial charge in [-0.1, -0.05) is 50.2 Å². The summed E-state index contributed by atoms with van der Waals surface area (Å²) in [6.45, 7) is 8.18. The van der Waals surface area contributed by atoms with Crippen LogP contribution in [0.4, 0.5) is 0 Å². The van der Waals surface area contributed by atoms with Crippen molar-refractivity contribution >= 4 is 15.6 Å². The lowest BCUT2D eigenvalue weighted by Crippen LogP contribution is -2.29. The molecule has 26 heavy (non-hydrogen) atoms. The summed E-state index contributed by atoms with van der Waals surface area (Å²) in [7, 11) is -3.23. The number of hydrogen-bond donors (Lipinski definition) is 0. The molecular formula is C22H28O3S. The zero-order valence-electron chi connectivity index (χ0n) is 16.2. The molecule has 2 aromatic rings. The Morgan fingerprint density at radius 2 is 1.62 bits per heavy atom. The van der Waals surface area contributed by atoms with Gasteiger partial charge in [0.05, 0.1) is 4.90 Å². The molecule has 140 valence electrons. The molecule has 0 radical (unpaired) electrons. The minimum absolute atomic E-state index is 0.248. The van der Waals surface area contributed by atoms with Crippen LogP contribution in [-0.4, -0.2) is 20.5 Å². The van der Waals surface area contributed by atoms with Gasteiger partial charge in [0.15, 0.2) is 9.84 Å². The average molecular weight is 373 g/mol. The molecule has 0 fully saturated rings. The molecule has 0 aliphatic heterocycles. The van der Waals surface area contributed by atoms with Crippen LogP contribution < -0.4 is 0 Å². The predicted octanol–water partition coefficient (Wildman–Crippen LogP) is 5.04. The number of hydrogen-bond acceptors (Lipinski definition) is 3. The Labute approximate surface area is 157 Å². The lowest BCUT2D eigenvalue weighted by Gasteiger charge is -2.24. The number of Topliss-reactive ketones (excluding diaryl/α,β-unsaturated/α-hetero) is 1. The number of carbonyl (C=O) groups excluding carboxylic acids is 1. The van der Waals surface area contributed by atoms with E-state index in [9.17, 15) is 13.2 Å². The van der Waals surface area contributed by atoms with Crippen LogP contribution in [0.1, 0.15) is 46.1 Å². The molecular weight excluding hydrogens is 344 g/mol. The van der Waals surface area contributed by atoms with Crippen molar-refractivity contribution in [3.8, 4) is 11.1 Å². The van der Waals surface area contributed by atoms with Crippen LogP contribution in [-0.2, 0) is 20.0 Å². The van der Waals surface area contributed by atoms with Gasteiger partial charge >= 0.3 is 0 Å². The summed E-state index contributed by atoms with van der Waals surface area (Å²) >= 11 is 0. The molecule has 0 bridgehead atoms. The van der Waals surface area contributed by atoms with Crippen LogP contribution in [0.2, 0.25) is 0 Å². The molecule has 0 aliphatic carbocycles. The Morgan fingerprint density at radius 1 is 1.00 bits per heavy atom. The van der Waals surface area contributed by atoms with Crippen molar-refractivity contribution in [3.63, 3.8) is 0 Å². The maximum Gasteiger partial charge on any atom is 0.175 e. The highest BCUT2D eigenvalue weighted by Gasteiger charge is 2.29. The molecule has 0 heterocycles. The van der Waals surface area contributed by atoms with Crippen molar-refractivity contribution in [2.75, 3.05) is 6.26 Å². The highest BCUT2D eigenvalue weighted by atomic mass is 32.2. The van der Waals surface area contributed by atoms with Gasteiger partial charge < -0.3 is 0 Å². The number of sulfone groups is 1. The van der Waals surface area contributed by atoms with E-state index >= 15 is 0 Å². The Hall–Kier alpha value is -1.94. The van der Waals surface area contributed by atoms with Crippen LogP contribution in [0.15, 0.2) is 53.4 Å². The molecule has 0 aliphatic rings. The molecule has 0 saturated carbocycles. The van der Waals surface area contributed by atoms with E-state index in [0.717, 1.165) is 23.1 Å². The molecule has 3 nitrogen and oxygen atoms in total. The summed E-state index contributed by atoms with van der Waals surface area (Å²) in [6, 6.07) is 14.8. The van der Waals surface area contributed by atoms with Gasteiger partial charge in [0.25, 0.3) is 0 Å². The fourth-order valence-electron chi connectivity index (χ4n) is 2.88. The molecule has 4 heteroatoms. The average Bonchev–Trinajstić information content (AvgIpc) is 2.59. The van der Waals surface area contributed by atoms with Gasteiger partial charge in [0, 0.05) is 18.1 Å². The van der Waals surface area contributed by atoms with Crippen molar-refractivity contribution in [3.05, 3.63) is 54.1 Å². The molecule has 2 aromatic carbocycles. The topological polar surface area (TPSA) is 51.2 Å². The van der Waals surface area contributed by atoms with Gasteiger partial charge in [-0.25, -0.2) is 8.42 Å². The maximum absolute atomic E-state index is 12.6. The maximum atomic E-state index is 12.6. The lowest BCUT2D eigenvalue weighted by atomic mass is 9.78. The van der Waals surface area contributed by atoms with Gasteiger partial charge in [-0.15, -0.1) is 0 Å². The standard InChI is InChI=1S/C22H28O3S/c1-16(2)9-14-21(23)22(3,4)19-12-10-17(11-13-19)18-7-6-8-20(15-18)26(5,24)25/h6-8,10-13,15-16H,9,14H2,1-5H3. The predicted molar refractivity (Wildman–Crippen MR) is 107 cm³/mol. The highest BCUT2D eigenvalue weighted by Crippen LogP contribution is 2.30. The SMILES string of the molecule is CC(C)CCC(=O)C(C)(C)c1ccc(-c2cccc(S(C)(=O)=O)c2)cc1. The minimum atomic E-state index is -3.23. The van der Waals surface area contributed by atoms with Gasteiger partial charge in [0.1, 0.15) is 5.78 Å². The van der Waals surface area contributed by atoms with Crippen LogP contribution in [0, 0.1) is 5.92 Å². The second kappa shape index (κ2) is 7.75. The van der Waals surface area contributed by atoms with Crippen LogP contribution in [0.5, 0.6) is 0 Å². The first-order valence-electron chi connectivity index (χ1n) is 8.96. The lowest BCUT2D eigenvalue weighted by molar-refractivity contribution is -0.123. The number of benzene rings is 2. The molecule has 0 N–H and O–H groups in total. The van der Waals surface area contributed by atoms with E-state index in [0.29, 0.717) is 17.2 Å². The number of ketones is 1. The molecule has 0 saturated heterocycles. The first-order valence-corrected chi connectivity index (χ1v) is 10.9. The summed E-state index contributed by atoms with van der Waals surface area (Å²) in [5.41, 5.74) is 2.24. The fourth-order valence-corrected chi connectivity index (χ4v) is 3.55. The van der Waals surface area contributed by atoms with Crippen LogP contribution >= 0.6 is 0 Å². The third-order valence-corrected chi connectivity index (χ3v) is 5.96. The quantitative estimate of drug-likeness (QED) is 0.684. The monoisotopic (exact) mass is 372 g/mol. The molecule has 0 unspecified atom stereocenters. The summed E-state index contributed by atoms with van der Waals surface area (Å²) in [5.74, 6) is 0.761. The second-order valence-electron chi connectivity index (χ2n) is 7.86. The normalized spacial score (nSPS) is 12.4. The molecule has 0 aromatic heterocycles. The third kappa shape index (κ3) is 4.82. The second-order valence-corrected chi connectivity index (χ2v) is 9.87. The van der Waals surface area contributed by atoms with E-state index in [1.165, 1.54) is 6.26 Å². The summed E-state index contributed by atoms with van der Waals surface area (Å²) in [4.78, 5) is 12.9. The first kappa shape index (κ1) is 20.4. The zero-order chi connectivity index (χ0) is 19.5. The molecule has 2 rings (SSSR count). The highest BCUT2D eigenvalue weighted by molar-refractivity contribution is 7.90. The van der Waals surface area contributed by atoms with Crippen molar-refractivity contribution in [1.29, 1.82) is 0 Å².